The van der Waals surface area contributed by atoms with Crippen LogP contribution >= 0.6 is 21.5 Å². The summed E-state index contributed by atoms with van der Waals surface area (Å²) in [5.74, 6) is -1.83. The summed E-state index contributed by atoms with van der Waals surface area (Å²) in [6.07, 6.45) is 0. The molecule has 0 nitrogen and oxygen atoms in total. The fourth-order valence-electron chi connectivity index (χ4n) is 3.12. The lowest BCUT2D eigenvalue weighted by Crippen LogP contribution is -2.31. The maximum Gasteiger partial charge on any atom is 0.181 e. The van der Waals surface area contributed by atoms with E-state index in [0.29, 0.717) is 0 Å². The van der Waals surface area contributed by atoms with Gasteiger partial charge in [-0.2, -0.15) is 0 Å². The smallest absolute Gasteiger partial charge is 0.0617 e. The summed E-state index contributed by atoms with van der Waals surface area (Å²) < 4.78 is 0. The summed E-state index contributed by atoms with van der Waals surface area (Å²) in [5, 5.41) is 4.22. The molecule has 0 atom stereocenters. The zero-order chi connectivity index (χ0) is 16.4. The van der Waals surface area contributed by atoms with Gasteiger partial charge in [-0.3, -0.25) is 0 Å². The van der Waals surface area contributed by atoms with E-state index in [1.807, 2.05) is 0 Å². The predicted molar refractivity (Wildman–Crippen MR) is 108 cm³/mol. The molecule has 0 aliphatic carbocycles. The minimum absolute atomic E-state index is 1.34. The summed E-state index contributed by atoms with van der Waals surface area (Å²) in [6, 6.07) is 26.2. The molecule has 0 fully saturated rings. The largest absolute Gasteiger partial charge is 0.181 e. The Balaban J connectivity index is 2.38. The molecule has 116 valence electrons. The lowest BCUT2D eigenvalue weighted by molar-refractivity contribution is 1.49. The molecule has 0 unspecified atom stereocenters. The van der Waals surface area contributed by atoms with Crippen LogP contribution < -0.4 is 15.9 Å². The maximum absolute atomic E-state index is 4.27. The van der Waals surface area contributed by atoms with E-state index in [9.17, 15) is 0 Å². The van der Waals surface area contributed by atoms with Crippen molar-refractivity contribution < 1.29 is 0 Å². The maximum atomic E-state index is 4.27. The van der Waals surface area contributed by atoms with Crippen molar-refractivity contribution in [1.29, 1.82) is 0 Å². The third-order valence-electron chi connectivity index (χ3n) is 4.34. The van der Waals surface area contributed by atoms with Gasteiger partial charge in [0, 0.05) is 0 Å². The van der Waals surface area contributed by atoms with E-state index >= 15 is 0 Å². The van der Waals surface area contributed by atoms with E-state index in [1.54, 1.807) is 0 Å². The van der Waals surface area contributed by atoms with Gasteiger partial charge >= 0.3 is 0 Å². The highest BCUT2D eigenvalue weighted by molar-refractivity contribution is 9.44. The summed E-state index contributed by atoms with van der Waals surface area (Å²) in [6.45, 7) is 6.63. The van der Waals surface area contributed by atoms with Gasteiger partial charge in [0.2, 0.25) is 0 Å². The van der Waals surface area contributed by atoms with Crippen LogP contribution in [0.4, 0.5) is 0 Å². The molecular formula is C21H21BrP+. The van der Waals surface area contributed by atoms with E-state index in [2.05, 4.69) is 109 Å². The van der Waals surface area contributed by atoms with Gasteiger partial charge in [-0.1, -0.05) is 54.6 Å². The first-order valence-corrected chi connectivity index (χ1v) is 11.6. The van der Waals surface area contributed by atoms with Crippen LogP contribution in [0, 0.1) is 20.8 Å². The standard InChI is InChI=1S/C21H21BrP/c1-16-10-4-7-13-19(16)23(22,20-14-8-5-11-17(20)2)21-15-9-6-12-18(21)3/h4-15H,1-3H3/q+1. The van der Waals surface area contributed by atoms with Gasteiger partial charge in [0.15, 0.2) is 21.5 Å². The van der Waals surface area contributed by atoms with Gasteiger partial charge in [-0.05, 0) is 55.7 Å². The Morgan fingerprint density at radius 1 is 0.522 bits per heavy atom. The summed E-state index contributed by atoms with van der Waals surface area (Å²) in [5.41, 5.74) is 4.01. The highest BCUT2D eigenvalue weighted by Crippen LogP contribution is 2.64. The van der Waals surface area contributed by atoms with Gasteiger partial charge in [0.25, 0.3) is 0 Å². The van der Waals surface area contributed by atoms with Gasteiger partial charge in [0.1, 0.15) is 15.9 Å². The molecule has 2 heteroatoms. The van der Waals surface area contributed by atoms with Crippen molar-refractivity contribution in [3.05, 3.63) is 89.5 Å². The van der Waals surface area contributed by atoms with E-state index in [0.717, 1.165) is 0 Å². The molecule has 0 bridgehead atoms. The summed E-state index contributed by atoms with van der Waals surface area (Å²) in [4.78, 5) is 0. The predicted octanol–water partition coefficient (Wildman–Crippen LogP) is 5.22. The monoisotopic (exact) mass is 383 g/mol. The first-order chi connectivity index (χ1) is 11.0. The first-order valence-electron chi connectivity index (χ1n) is 7.82. The van der Waals surface area contributed by atoms with Gasteiger partial charge in [-0.25, -0.2) is 0 Å². The number of benzene rings is 3. The molecule has 3 rings (SSSR count). The number of aryl methyl sites for hydroxylation is 3. The molecule has 0 aliphatic rings. The molecule has 3 aromatic rings. The van der Waals surface area contributed by atoms with Crippen LogP contribution in [0.3, 0.4) is 0 Å². The molecule has 0 N–H and O–H groups in total. The average molecular weight is 384 g/mol. The molecule has 0 saturated carbocycles. The van der Waals surface area contributed by atoms with Gasteiger partial charge < -0.3 is 0 Å². The second kappa shape index (κ2) is 6.59. The fraction of sp³-hybridized carbons (Fsp3) is 0.143. The molecule has 0 radical (unpaired) electrons. The van der Waals surface area contributed by atoms with Crippen molar-refractivity contribution in [3.63, 3.8) is 0 Å². The quantitative estimate of drug-likeness (QED) is 0.544. The fourth-order valence-corrected chi connectivity index (χ4v) is 10.0. The second-order valence-electron chi connectivity index (χ2n) is 5.95. The Morgan fingerprint density at radius 3 is 1.04 bits per heavy atom. The molecule has 3 aromatic carbocycles. The summed E-state index contributed by atoms with van der Waals surface area (Å²) in [7, 11) is 0. The van der Waals surface area contributed by atoms with E-state index in [-0.39, 0.29) is 0 Å². The SMILES string of the molecule is Cc1ccccc1[P+](Br)(c1ccccc1C)c1ccccc1C. The van der Waals surface area contributed by atoms with Crippen molar-refractivity contribution in [1.82, 2.24) is 0 Å². The molecule has 0 heterocycles. The third kappa shape index (κ3) is 2.89. The molecular weight excluding hydrogens is 363 g/mol. The Hall–Kier alpha value is -1.43. The van der Waals surface area contributed by atoms with E-state index in [4.69, 9.17) is 0 Å². The number of hydrogen-bond donors (Lipinski definition) is 0. The first kappa shape index (κ1) is 16.4. The summed E-state index contributed by atoms with van der Waals surface area (Å²) >= 11 is 4.27. The lowest BCUT2D eigenvalue weighted by Gasteiger charge is -2.24. The molecule has 0 spiro atoms. The van der Waals surface area contributed by atoms with Crippen molar-refractivity contribution in [3.8, 4) is 0 Å². The zero-order valence-electron chi connectivity index (χ0n) is 13.8. The van der Waals surface area contributed by atoms with Crippen LogP contribution in [0.1, 0.15) is 16.7 Å². The van der Waals surface area contributed by atoms with Gasteiger partial charge in [-0.15, -0.1) is 0 Å². The van der Waals surface area contributed by atoms with Gasteiger partial charge in [0.05, 0.1) is 0 Å². The number of hydrogen-bond acceptors (Lipinski definition) is 0. The van der Waals surface area contributed by atoms with Crippen LogP contribution in [-0.2, 0) is 0 Å². The van der Waals surface area contributed by atoms with E-state index < -0.39 is 5.96 Å². The van der Waals surface area contributed by atoms with E-state index in [1.165, 1.54) is 32.6 Å². The van der Waals surface area contributed by atoms with Crippen LogP contribution in [0.25, 0.3) is 0 Å². The van der Waals surface area contributed by atoms with Crippen LogP contribution in [0.5, 0.6) is 0 Å². The normalized spacial score (nSPS) is 11.5. The zero-order valence-corrected chi connectivity index (χ0v) is 16.2. The Labute approximate surface area is 147 Å². The molecule has 0 aliphatic heterocycles. The second-order valence-corrected chi connectivity index (χ2v) is 11.8. The van der Waals surface area contributed by atoms with Crippen LogP contribution in [0.2, 0.25) is 0 Å². The molecule has 0 aromatic heterocycles. The average Bonchev–Trinajstić information content (AvgIpc) is 2.55. The topological polar surface area (TPSA) is 0 Å². The van der Waals surface area contributed by atoms with Crippen molar-refractivity contribution >= 4 is 37.4 Å². The molecule has 23 heavy (non-hydrogen) atoms. The van der Waals surface area contributed by atoms with Crippen LogP contribution in [0.15, 0.2) is 72.8 Å². The Bertz CT molecular complexity index is 728. The molecule has 0 amide bonds. The minimum Gasteiger partial charge on any atom is -0.0617 e. The van der Waals surface area contributed by atoms with Crippen molar-refractivity contribution in [2.45, 2.75) is 20.8 Å². The third-order valence-corrected chi connectivity index (χ3v) is 11.3. The lowest BCUT2D eigenvalue weighted by atomic mass is 10.2. The number of rotatable bonds is 3. The highest BCUT2D eigenvalue weighted by Gasteiger charge is 2.46. The van der Waals surface area contributed by atoms with Crippen molar-refractivity contribution in [2.75, 3.05) is 0 Å². The minimum atomic E-state index is -1.83. The molecule has 0 saturated heterocycles. The Kier molecular flexibility index (Phi) is 4.71. The number of halogens is 1. The van der Waals surface area contributed by atoms with Crippen LogP contribution in [-0.4, -0.2) is 0 Å². The highest BCUT2D eigenvalue weighted by atomic mass is 79.9. The Morgan fingerprint density at radius 2 is 0.783 bits per heavy atom. The van der Waals surface area contributed by atoms with Crippen molar-refractivity contribution in [2.24, 2.45) is 0 Å².